The van der Waals surface area contributed by atoms with Gasteiger partial charge in [-0.05, 0) is 19.9 Å². The molecule has 5 nitrogen and oxygen atoms in total. The van der Waals surface area contributed by atoms with Crippen LogP contribution in [0.4, 0.5) is 5.95 Å². The Morgan fingerprint density at radius 3 is 3.24 bits per heavy atom. The molecule has 1 aromatic rings. The highest BCUT2D eigenvalue weighted by molar-refractivity contribution is 5.35. The van der Waals surface area contributed by atoms with Gasteiger partial charge in [0, 0.05) is 45.2 Å². The van der Waals surface area contributed by atoms with E-state index < -0.39 is 0 Å². The maximum Gasteiger partial charge on any atom is 0.205 e. The van der Waals surface area contributed by atoms with Gasteiger partial charge in [0.2, 0.25) is 5.95 Å². The smallest absolute Gasteiger partial charge is 0.205 e. The minimum atomic E-state index is 0.573. The average molecular weight is 238 g/mol. The van der Waals surface area contributed by atoms with E-state index in [0.717, 1.165) is 32.2 Å². The van der Waals surface area contributed by atoms with Gasteiger partial charge in [-0.15, -0.1) is 0 Å². The molecule has 1 saturated heterocycles. The Hall–Kier alpha value is -1.07. The van der Waals surface area contributed by atoms with Crippen LogP contribution in [0.5, 0.6) is 0 Å². The second kappa shape index (κ2) is 6.02. The topological polar surface area (TPSA) is 42.3 Å². The van der Waals surface area contributed by atoms with Gasteiger partial charge in [-0.2, -0.15) is 0 Å². The largest absolute Gasteiger partial charge is 0.383 e. The molecule has 0 aromatic carbocycles. The third-order valence-corrected chi connectivity index (χ3v) is 3.30. The van der Waals surface area contributed by atoms with Crippen molar-refractivity contribution in [2.24, 2.45) is 0 Å². The van der Waals surface area contributed by atoms with E-state index in [9.17, 15) is 0 Å². The summed E-state index contributed by atoms with van der Waals surface area (Å²) in [6, 6.07) is 0.573. The van der Waals surface area contributed by atoms with Crippen molar-refractivity contribution in [3.8, 4) is 0 Å². The third-order valence-electron chi connectivity index (χ3n) is 3.30. The van der Waals surface area contributed by atoms with Gasteiger partial charge in [-0.1, -0.05) is 0 Å². The van der Waals surface area contributed by atoms with Crippen molar-refractivity contribution in [2.75, 3.05) is 38.8 Å². The lowest BCUT2D eigenvalue weighted by Gasteiger charge is -2.26. The molecule has 0 aliphatic carbocycles. The van der Waals surface area contributed by atoms with Crippen molar-refractivity contribution < 1.29 is 4.74 Å². The Balaban J connectivity index is 2.07. The van der Waals surface area contributed by atoms with E-state index in [2.05, 4.69) is 19.8 Å². The zero-order chi connectivity index (χ0) is 12.1. The van der Waals surface area contributed by atoms with Gasteiger partial charge in [0.25, 0.3) is 0 Å². The first kappa shape index (κ1) is 12.4. The third kappa shape index (κ3) is 2.79. The lowest BCUT2D eigenvalue weighted by molar-refractivity contribution is 0.187. The molecule has 5 heteroatoms. The van der Waals surface area contributed by atoms with E-state index in [0.29, 0.717) is 6.04 Å². The number of ether oxygens (including phenoxy) is 1. The lowest BCUT2D eigenvalue weighted by Crippen LogP contribution is -2.38. The number of hydrogen-bond acceptors (Lipinski definition) is 4. The maximum atomic E-state index is 5.13. The first-order valence-electron chi connectivity index (χ1n) is 6.28. The Labute approximate surface area is 103 Å². The van der Waals surface area contributed by atoms with Crippen molar-refractivity contribution >= 4 is 5.95 Å². The molecule has 1 aliphatic rings. The van der Waals surface area contributed by atoms with Crippen LogP contribution in [0.2, 0.25) is 0 Å². The number of nitrogens with zero attached hydrogens (tertiary/aromatic N) is 3. The summed E-state index contributed by atoms with van der Waals surface area (Å²) in [4.78, 5) is 6.90. The summed E-state index contributed by atoms with van der Waals surface area (Å²) < 4.78 is 7.31. The molecule has 0 amide bonds. The predicted molar refractivity (Wildman–Crippen MR) is 68.4 cm³/mol. The monoisotopic (exact) mass is 238 g/mol. The fourth-order valence-electron chi connectivity index (χ4n) is 2.47. The molecule has 96 valence electrons. The fraction of sp³-hybridized carbons (Fsp3) is 0.750. The van der Waals surface area contributed by atoms with Crippen molar-refractivity contribution in [1.82, 2.24) is 14.9 Å². The number of likely N-dealkylation sites (N-methyl/N-ethyl adjacent to an activating group) is 1. The minimum absolute atomic E-state index is 0.573. The molecule has 0 saturated carbocycles. The normalized spacial score (nSPS) is 20.1. The van der Waals surface area contributed by atoms with Crippen LogP contribution >= 0.6 is 0 Å². The van der Waals surface area contributed by atoms with Crippen LogP contribution in [-0.4, -0.2) is 49.4 Å². The Morgan fingerprint density at radius 2 is 2.47 bits per heavy atom. The van der Waals surface area contributed by atoms with Crippen LogP contribution < -0.4 is 10.2 Å². The van der Waals surface area contributed by atoms with Crippen LogP contribution in [0.1, 0.15) is 12.8 Å². The first-order chi connectivity index (χ1) is 8.36. The van der Waals surface area contributed by atoms with Gasteiger partial charge in [0.15, 0.2) is 0 Å². The second-order valence-corrected chi connectivity index (χ2v) is 4.46. The van der Waals surface area contributed by atoms with Crippen LogP contribution in [0.3, 0.4) is 0 Å². The minimum Gasteiger partial charge on any atom is -0.383 e. The molecule has 0 radical (unpaired) electrons. The molecule has 1 atom stereocenters. The molecule has 2 heterocycles. The SMILES string of the molecule is CNCC1CCCN1c1nccn1CCOC. The summed E-state index contributed by atoms with van der Waals surface area (Å²) in [5.41, 5.74) is 0. The van der Waals surface area contributed by atoms with Crippen LogP contribution in [0.25, 0.3) is 0 Å². The van der Waals surface area contributed by atoms with Crippen LogP contribution in [0.15, 0.2) is 12.4 Å². The van der Waals surface area contributed by atoms with E-state index >= 15 is 0 Å². The van der Waals surface area contributed by atoms with Gasteiger partial charge >= 0.3 is 0 Å². The summed E-state index contributed by atoms with van der Waals surface area (Å²) in [7, 11) is 3.74. The summed E-state index contributed by atoms with van der Waals surface area (Å²) >= 11 is 0. The molecule has 1 aliphatic heterocycles. The Morgan fingerprint density at radius 1 is 1.59 bits per heavy atom. The van der Waals surface area contributed by atoms with Gasteiger partial charge in [-0.25, -0.2) is 4.98 Å². The quantitative estimate of drug-likeness (QED) is 0.793. The zero-order valence-electron chi connectivity index (χ0n) is 10.7. The summed E-state index contributed by atoms with van der Waals surface area (Å²) in [6.07, 6.45) is 6.41. The standard InChI is InChI=1S/C12H22N4O/c1-13-10-11-4-3-6-16(11)12-14-5-7-15(12)8-9-17-2/h5,7,11,13H,3-4,6,8-10H2,1-2H3. The first-order valence-corrected chi connectivity index (χ1v) is 6.28. The van der Waals surface area contributed by atoms with Crippen molar-refractivity contribution in [2.45, 2.75) is 25.4 Å². The summed E-state index contributed by atoms with van der Waals surface area (Å²) in [5.74, 6) is 1.08. The molecule has 1 aromatic heterocycles. The fourth-order valence-corrected chi connectivity index (χ4v) is 2.47. The number of anilines is 1. The van der Waals surface area contributed by atoms with E-state index in [-0.39, 0.29) is 0 Å². The van der Waals surface area contributed by atoms with E-state index in [1.54, 1.807) is 7.11 Å². The molecule has 0 bridgehead atoms. The highest BCUT2D eigenvalue weighted by atomic mass is 16.5. The van der Waals surface area contributed by atoms with Crippen molar-refractivity contribution in [3.05, 3.63) is 12.4 Å². The molecular formula is C12H22N4O. The van der Waals surface area contributed by atoms with E-state index in [4.69, 9.17) is 4.74 Å². The van der Waals surface area contributed by atoms with Gasteiger partial charge in [-0.3, -0.25) is 0 Å². The van der Waals surface area contributed by atoms with E-state index in [1.807, 2.05) is 19.4 Å². The molecule has 1 fully saturated rings. The number of hydrogen-bond donors (Lipinski definition) is 1. The maximum absolute atomic E-state index is 5.13. The average Bonchev–Trinajstić information content (AvgIpc) is 2.94. The van der Waals surface area contributed by atoms with Gasteiger partial charge in [0.05, 0.1) is 6.61 Å². The molecular weight excluding hydrogens is 216 g/mol. The van der Waals surface area contributed by atoms with E-state index in [1.165, 1.54) is 12.8 Å². The van der Waals surface area contributed by atoms with Gasteiger partial charge < -0.3 is 19.5 Å². The number of methoxy groups -OCH3 is 1. The highest BCUT2D eigenvalue weighted by Crippen LogP contribution is 2.23. The van der Waals surface area contributed by atoms with Crippen LogP contribution in [-0.2, 0) is 11.3 Å². The molecule has 2 rings (SSSR count). The van der Waals surface area contributed by atoms with Gasteiger partial charge in [0.1, 0.15) is 0 Å². The summed E-state index contributed by atoms with van der Waals surface area (Å²) in [5, 5.41) is 3.26. The number of rotatable bonds is 6. The van der Waals surface area contributed by atoms with Crippen molar-refractivity contribution in [3.63, 3.8) is 0 Å². The number of aromatic nitrogens is 2. The van der Waals surface area contributed by atoms with Crippen LogP contribution in [0, 0.1) is 0 Å². The summed E-state index contributed by atoms with van der Waals surface area (Å²) in [6.45, 7) is 3.73. The van der Waals surface area contributed by atoms with Crippen molar-refractivity contribution in [1.29, 1.82) is 0 Å². The highest BCUT2D eigenvalue weighted by Gasteiger charge is 2.26. The molecule has 17 heavy (non-hydrogen) atoms. The molecule has 1 unspecified atom stereocenters. The number of nitrogens with one attached hydrogen (secondary N) is 1. The Bertz CT molecular complexity index is 339. The predicted octanol–water partition coefficient (Wildman–Crippen LogP) is 0.718. The number of imidazole rings is 1. The zero-order valence-corrected chi connectivity index (χ0v) is 10.7. The molecule has 0 spiro atoms. The lowest BCUT2D eigenvalue weighted by atomic mass is 10.2. The Kier molecular flexibility index (Phi) is 4.39. The molecule has 1 N–H and O–H groups in total. The second-order valence-electron chi connectivity index (χ2n) is 4.46.